The predicted octanol–water partition coefficient (Wildman–Crippen LogP) is 2.08. The summed E-state index contributed by atoms with van der Waals surface area (Å²) >= 11 is 0. The maximum atomic E-state index is 12.4. The summed E-state index contributed by atoms with van der Waals surface area (Å²) in [5, 5.41) is 0. The number of anilines is 1. The monoisotopic (exact) mass is 386 g/mol. The summed E-state index contributed by atoms with van der Waals surface area (Å²) in [7, 11) is 0. The number of likely N-dealkylation sites (tertiary alicyclic amines) is 1. The van der Waals surface area contributed by atoms with Crippen LogP contribution in [0.3, 0.4) is 0 Å². The summed E-state index contributed by atoms with van der Waals surface area (Å²) in [6.07, 6.45) is 4.57. The second-order valence-corrected chi connectivity index (χ2v) is 7.55. The zero-order chi connectivity index (χ0) is 20.1. The number of amides is 3. The fourth-order valence-electron chi connectivity index (χ4n) is 4.18. The van der Waals surface area contributed by atoms with Gasteiger partial charge < -0.3 is 9.80 Å². The largest absolute Gasteiger partial charge is 0.372 e. The number of nitrogens with one attached hydrogen (secondary N) is 2. The second kappa shape index (κ2) is 9.08. The first-order valence-electron chi connectivity index (χ1n) is 10.3. The van der Waals surface area contributed by atoms with Crippen molar-refractivity contribution in [1.82, 2.24) is 15.8 Å². The van der Waals surface area contributed by atoms with Gasteiger partial charge in [0.15, 0.2) is 0 Å². The van der Waals surface area contributed by atoms with E-state index in [0.29, 0.717) is 12.1 Å². The van der Waals surface area contributed by atoms with Gasteiger partial charge in [-0.25, -0.2) is 0 Å². The van der Waals surface area contributed by atoms with Crippen molar-refractivity contribution in [3.8, 4) is 0 Å². The number of carbonyl (C=O) groups is 3. The van der Waals surface area contributed by atoms with E-state index in [4.69, 9.17) is 0 Å². The Bertz CT molecular complexity index is 709. The molecule has 1 saturated heterocycles. The molecule has 7 heteroatoms. The van der Waals surface area contributed by atoms with Crippen molar-refractivity contribution in [2.45, 2.75) is 52.0 Å². The van der Waals surface area contributed by atoms with Crippen molar-refractivity contribution in [1.29, 1.82) is 0 Å². The topological polar surface area (TPSA) is 81.8 Å². The highest BCUT2D eigenvalue weighted by molar-refractivity contribution is 5.96. The van der Waals surface area contributed by atoms with Crippen LogP contribution in [-0.4, -0.2) is 48.3 Å². The molecule has 2 N–H and O–H groups in total. The van der Waals surface area contributed by atoms with Crippen LogP contribution in [0.5, 0.6) is 0 Å². The number of hydrogen-bond donors (Lipinski definition) is 2. The Morgan fingerprint density at radius 3 is 2.32 bits per heavy atom. The molecule has 1 saturated carbocycles. The van der Waals surface area contributed by atoms with E-state index in [0.717, 1.165) is 44.5 Å². The van der Waals surface area contributed by atoms with Gasteiger partial charge in [-0.3, -0.25) is 25.2 Å². The van der Waals surface area contributed by atoms with E-state index in [-0.39, 0.29) is 30.2 Å². The van der Waals surface area contributed by atoms with Gasteiger partial charge in [0.05, 0.1) is 5.92 Å². The molecule has 2 aliphatic rings. The molecule has 1 aliphatic heterocycles. The Morgan fingerprint density at radius 1 is 1.07 bits per heavy atom. The molecule has 0 spiro atoms. The maximum Gasteiger partial charge on any atom is 0.269 e. The molecule has 1 heterocycles. The van der Waals surface area contributed by atoms with Crippen LogP contribution < -0.4 is 15.8 Å². The minimum absolute atomic E-state index is 0.0466. The molecule has 0 unspecified atom stereocenters. The minimum Gasteiger partial charge on any atom is -0.372 e. The van der Waals surface area contributed by atoms with Gasteiger partial charge in [0.25, 0.3) is 5.91 Å². The Kier molecular flexibility index (Phi) is 6.54. The van der Waals surface area contributed by atoms with E-state index < -0.39 is 5.92 Å². The summed E-state index contributed by atoms with van der Waals surface area (Å²) in [5.41, 5.74) is 6.49. The van der Waals surface area contributed by atoms with E-state index >= 15 is 0 Å². The third-order valence-corrected chi connectivity index (χ3v) is 5.85. The second-order valence-electron chi connectivity index (χ2n) is 7.55. The summed E-state index contributed by atoms with van der Waals surface area (Å²) in [6.45, 7) is 6.42. The SMILES string of the molecule is CCN(CC)c1ccc(C(=O)NNC(=O)[C@@H]2CC(=O)N(C3CCCC3)C2)cc1. The normalized spacial score (nSPS) is 19.7. The lowest BCUT2D eigenvalue weighted by Crippen LogP contribution is -2.45. The van der Waals surface area contributed by atoms with Gasteiger partial charge in [-0.1, -0.05) is 12.8 Å². The van der Waals surface area contributed by atoms with Crippen molar-refractivity contribution in [3.63, 3.8) is 0 Å². The van der Waals surface area contributed by atoms with Crippen LogP contribution in [0.4, 0.5) is 5.69 Å². The average Bonchev–Trinajstić information content (AvgIpc) is 3.37. The van der Waals surface area contributed by atoms with Crippen molar-refractivity contribution in [2.75, 3.05) is 24.5 Å². The Morgan fingerprint density at radius 2 is 1.71 bits per heavy atom. The van der Waals surface area contributed by atoms with Gasteiger partial charge in [0, 0.05) is 43.3 Å². The fourth-order valence-corrected chi connectivity index (χ4v) is 4.18. The van der Waals surface area contributed by atoms with Crippen LogP contribution >= 0.6 is 0 Å². The van der Waals surface area contributed by atoms with Crippen molar-refractivity contribution < 1.29 is 14.4 Å². The molecule has 1 aromatic carbocycles. The van der Waals surface area contributed by atoms with E-state index in [9.17, 15) is 14.4 Å². The predicted molar refractivity (Wildman–Crippen MR) is 108 cm³/mol. The molecule has 0 bridgehead atoms. The Hall–Kier alpha value is -2.57. The fraction of sp³-hybridized carbons (Fsp3) is 0.571. The number of nitrogens with zero attached hydrogens (tertiary/aromatic N) is 2. The number of benzene rings is 1. The van der Waals surface area contributed by atoms with Crippen LogP contribution in [0, 0.1) is 5.92 Å². The Balaban J connectivity index is 1.50. The highest BCUT2D eigenvalue weighted by Crippen LogP contribution is 2.29. The highest BCUT2D eigenvalue weighted by atomic mass is 16.2. The quantitative estimate of drug-likeness (QED) is 0.734. The minimum atomic E-state index is -0.404. The summed E-state index contributed by atoms with van der Waals surface area (Å²) < 4.78 is 0. The van der Waals surface area contributed by atoms with Crippen LogP contribution in [0.2, 0.25) is 0 Å². The number of hydrazine groups is 1. The van der Waals surface area contributed by atoms with E-state index in [1.165, 1.54) is 0 Å². The van der Waals surface area contributed by atoms with E-state index in [1.807, 2.05) is 17.0 Å². The molecular formula is C21H30N4O3. The first kappa shape index (κ1) is 20.2. The first-order valence-corrected chi connectivity index (χ1v) is 10.3. The molecule has 7 nitrogen and oxygen atoms in total. The van der Waals surface area contributed by atoms with Crippen LogP contribution in [0.15, 0.2) is 24.3 Å². The number of carbonyl (C=O) groups excluding carboxylic acids is 3. The molecule has 0 radical (unpaired) electrons. The van der Waals surface area contributed by atoms with Crippen LogP contribution in [0.1, 0.15) is 56.3 Å². The lowest BCUT2D eigenvalue weighted by Gasteiger charge is -2.23. The van der Waals surface area contributed by atoms with Crippen LogP contribution in [0.25, 0.3) is 0 Å². The zero-order valence-electron chi connectivity index (χ0n) is 16.7. The highest BCUT2D eigenvalue weighted by Gasteiger charge is 2.38. The van der Waals surface area contributed by atoms with Gasteiger partial charge in [0.2, 0.25) is 11.8 Å². The standard InChI is InChI=1S/C21H30N4O3/c1-3-24(4-2)17-11-9-15(10-12-17)20(27)22-23-21(28)16-13-19(26)25(14-16)18-7-5-6-8-18/h9-12,16,18H,3-8,13-14H2,1-2H3,(H,22,27)(H,23,28)/t16-/m1/s1. The van der Waals surface area contributed by atoms with Crippen molar-refractivity contribution in [3.05, 3.63) is 29.8 Å². The van der Waals surface area contributed by atoms with Gasteiger partial charge in [0.1, 0.15) is 0 Å². The number of rotatable bonds is 6. The molecule has 2 fully saturated rings. The number of hydrogen-bond acceptors (Lipinski definition) is 4. The summed E-state index contributed by atoms with van der Waals surface area (Å²) in [5.74, 6) is -1.03. The van der Waals surface area contributed by atoms with Crippen molar-refractivity contribution >= 4 is 23.4 Å². The van der Waals surface area contributed by atoms with Gasteiger partial charge >= 0.3 is 0 Å². The molecule has 1 aromatic rings. The molecule has 3 rings (SSSR count). The summed E-state index contributed by atoms with van der Waals surface area (Å²) in [4.78, 5) is 41.0. The van der Waals surface area contributed by atoms with Gasteiger partial charge in [-0.05, 0) is 51.0 Å². The third-order valence-electron chi connectivity index (χ3n) is 5.85. The van der Waals surface area contributed by atoms with Gasteiger partial charge in [-0.15, -0.1) is 0 Å². The molecular weight excluding hydrogens is 356 g/mol. The first-order chi connectivity index (χ1) is 13.5. The molecule has 28 heavy (non-hydrogen) atoms. The maximum absolute atomic E-state index is 12.4. The smallest absolute Gasteiger partial charge is 0.269 e. The van der Waals surface area contributed by atoms with Crippen LogP contribution in [-0.2, 0) is 9.59 Å². The molecule has 1 aliphatic carbocycles. The molecule has 1 atom stereocenters. The lowest BCUT2D eigenvalue weighted by atomic mass is 10.1. The lowest BCUT2D eigenvalue weighted by molar-refractivity contribution is -0.130. The molecule has 3 amide bonds. The molecule has 152 valence electrons. The molecule has 0 aromatic heterocycles. The van der Waals surface area contributed by atoms with Crippen molar-refractivity contribution in [2.24, 2.45) is 5.92 Å². The third kappa shape index (κ3) is 4.46. The van der Waals surface area contributed by atoms with E-state index in [1.54, 1.807) is 12.1 Å². The summed E-state index contributed by atoms with van der Waals surface area (Å²) in [6, 6.07) is 7.58. The average molecular weight is 386 g/mol. The van der Waals surface area contributed by atoms with E-state index in [2.05, 4.69) is 29.6 Å². The zero-order valence-corrected chi connectivity index (χ0v) is 16.7. The van der Waals surface area contributed by atoms with Gasteiger partial charge in [-0.2, -0.15) is 0 Å². The Labute approximate surface area is 166 Å².